The van der Waals surface area contributed by atoms with Crippen molar-refractivity contribution in [3.8, 4) is 0 Å². The van der Waals surface area contributed by atoms with E-state index in [1.54, 1.807) is 6.07 Å². The SMILES string of the molecule is CN(C)S(=O)(=O)c1ccc(CNC(=O)c2ccc(F)cc2Cl)s1. The maximum Gasteiger partial charge on any atom is 0.253 e. The van der Waals surface area contributed by atoms with Crippen molar-refractivity contribution in [1.82, 2.24) is 9.62 Å². The number of nitrogens with zero attached hydrogens (tertiary/aromatic N) is 1. The summed E-state index contributed by atoms with van der Waals surface area (Å²) in [4.78, 5) is 12.7. The minimum Gasteiger partial charge on any atom is -0.347 e. The number of hydrogen-bond donors (Lipinski definition) is 1. The molecule has 1 aromatic heterocycles. The Morgan fingerprint density at radius 3 is 2.61 bits per heavy atom. The average Bonchev–Trinajstić information content (AvgIpc) is 2.94. The fraction of sp³-hybridized carbons (Fsp3) is 0.214. The van der Waals surface area contributed by atoms with E-state index in [1.807, 2.05) is 0 Å². The van der Waals surface area contributed by atoms with Gasteiger partial charge in [0.15, 0.2) is 0 Å². The number of amides is 1. The molecular formula is C14H14ClFN2O3S2. The van der Waals surface area contributed by atoms with E-state index in [2.05, 4.69) is 5.32 Å². The topological polar surface area (TPSA) is 66.5 Å². The number of halogens is 2. The lowest BCUT2D eigenvalue weighted by Crippen LogP contribution is -2.22. The fourth-order valence-corrected chi connectivity index (χ4v) is 4.43. The molecule has 9 heteroatoms. The first-order valence-electron chi connectivity index (χ1n) is 6.46. The molecule has 124 valence electrons. The van der Waals surface area contributed by atoms with Gasteiger partial charge >= 0.3 is 0 Å². The zero-order chi connectivity index (χ0) is 17.2. The van der Waals surface area contributed by atoms with Gasteiger partial charge in [0.25, 0.3) is 15.9 Å². The predicted octanol–water partition coefficient (Wildman–Crippen LogP) is 2.72. The van der Waals surface area contributed by atoms with Crippen LogP contribution >= 0.6 is 22.9 Å². The predicted molar refractivity (Wildman–Crippen MR) is 87.8 cm³/mol. The van der Waals surface area contributed by atoms with Crippen LogP contribution < -0.4 is 5.32 Å². The van der Waals surface area contributed by atoms with E-state index in [1.165, 1.54) is 26.2 Å². The van der Waals surface area contributed by atoms with Crippen molar-refractivity contribution in [3.05, 3.63) is 51.6 Å². The molecule has 0 fully saturated rings. The van der Waals surface area contributed by atoms with Crippen LogP contribution in [0.1, 0.15) is 15.2 Å². The Hall–Kier alpha value is -1.48. The first-order valence-corrected chi connectivity index (χ1v) is 9.10. The lowest BCUT2D eigenvalue weighted by atomic mass is 10.2. The van der Waals surface area contributed by atoms with Gasteiger partial charge in [-0.1, -0.05) is 11.6 Å². The molecule has 0 spiro atoms. The number of carbonyl (C=O) groups excluding carboxylic acids is 1. The Morgan fingerprint density at radius 2 is 2.00 bits per heavy atom. The molecule has 23 heavy (non-hydrogen) atoms. The van der Waals surface area contributed by atoms with Gasteiger partial charge < -0.3 is 5.32 Å². The highest BCUT2D eigenvalue weighted by Crippen LogP contribution is 2.24. The molecule has 5 nitrogen and oxygen atoms in total. The highest BCUT2D eigenvalue weighted by molar-refractivity contribution is 7.91. The van der Waals surface area contributed by atoms with E-state index < -0.39 is 21.7 Å². The summed E-state index contributed by atoms with van der Waals surface area (Å²) in [6.45, 7) is 0.153. The number of hydrogen-bond acceptors (Lipinski definition) is 4. The minimum absolute atomic E-state index is 0.0181. The van der Waals surface area contributed by atoms with E-state index in [-0.39, 0.29) is 21.3 Å². The summed E-state index contributed by atoms with van der Waals surface area (Å²) in [5.41, 5.74) is 0.158. The van der Waals surface area contributed by atoms with E-state index in [9.17, 15) is 17.6 Å². The fourth-order valence-electron chi connectivity index (χ4n) is 1.71. The van der Waals surface area contributed by atoms with Crippen molar-refractivity contribution >= 4 is 38.9 Å². The van der Waals surface area contributed by atoms with Crippen LogP contribution in [-0.4, -0.2) is 32.7 Å². The van der Waals surface area contributed by atoms with E-state index in [0.717, 1.165) is 27.8 Å². The van der Waals surface area contributed by atoms with Gasteiger partial charge in [-0.05, 0) is 30.3 Å². The Labute approximate surface area is 142 Å². The summed E-state index contributed by atoms with van der Waals surface area (Å²) >= 11 is 6.90. The second-order valence-corrected chi connectivity index (χ2v) is 8.77. The molecule has 0 unspecified atom stereocenters. The molecule has 0 aliphatic rings. The number of benzene rings is 1. The summed E-state index contributed by atoms with van der Waals surface area (Å²) in [5, 5.41) is 2.64. The van der Waals surface area contributed by atoms with Crippen LogP contribution in [0.2, 0.25) is 5.02 Å². The third-order valence-electron chi connectivity index (χ3n) is 2.97. The largest absolute Gasteiger partial charge is 0.347 e. The van der Waals surface area contributed by atoms with Gasteiger partial charge in [-0.25, -0.2) is 17.1 Å². The van der Waals surface area contributed by atoms with Crippen molar-refractivity contribution in [3.63, 3.8) is 0 Å². The van der Waals surface area contributed by atoms with Gasteiger partial charge in [-0.2, -0.15) is 0 Å². The third-order valence-corrected chi connectivity index (χ3v) is 6.65. The van der Waals surface area contributed by atoms with Gasteiger partial charge in [0.1, 0.15) is 10.0 Å². The first-order chi connectivity index (χ1) is 10.7. The van der Waals surface area contributed by atoms with Crippen LogP contribution in [0, 0.1) is 5.82 Å². The molecule has 0 saturated carbocycles. The monoisotopic (exact) mass is 376 g/mol. The van der Waals surface area contributed by atoms with Crippen LogP contribution in [0.5, 0.6) is 0 Å². The zero-order valence-electron chi connectivity index (χ0n) is 12.3. The Bertz CT molecular complexity index is 834. The van der Waals surface area contributed by atoms with E-state index >= 15 is 0 Å². The molecule has 1 amide bonds. The van der Waals surface area contributed by atoms with Crippen LogP contribution in [0.4, 0.5) is 4.39 Å². The Balaban J connectivity index is 2.07. The minimum atomic E-state index is -3.48. The molecule has 0 aliphatic heterocycles. The van der Waals surface area contributed by atoms with Crippen LogP contribution in [0.15, 0.2) is 34.5 Å². The number of thiophene rings is 1. The third kappa shape index (κ3) is 4.08. The van der Waals surface area contributed by atoms with Crippen molar-refractivity contribution in [2.75, 3.05) is 14.1 Å². The molecule has 2 aromatic rings. The summed E-state index contributed by atoms with van der Waals surface area (Å²) in [6.07, 6.45) is 0. The smallest absolute Gasteiger partial charge is 0.253 e. The zero-order valence-corrected chi connectivity index (χ0v) is 14.7. The molecule has 0 bridgehead atoms. The highest BCUT2D eigenvalue weighted by Gasteiger charge is 2.19. The molecule has 0 atom stereocenters. The Kier molecular flexibility index (Phi) is 5.41. The summed E-state index contributed by atoms with van der Waals surface area (Å²) in [7, 11) is -0.579. The van der Waals surface area contributed by atoms with Crippen LogP contribution in [0.25, 0.3) is 0 Å². The van der Waals surface area contributed by atoms with Crippen molar-refractivity contribution < 1.29 is 17.6 Å². The summed E-state index contributed by atoms with van der Waals surface area (Å²) in [5.74, 6) is -0.983. The molecule has 1 aromatic carbocycles. The van der Waals surface area contributed by atoms with Gasteiger partial charge in [0, 0.05) is 19.0 Å². The van der Waals surface area contributed by atoms with Gasteiger partial charge in [0.05, 0.1) is 17.1 Å². The average molecular weight is 377 g/mol. The van der Waals surface area contributed by atoms with Crippen LogP contribution in [0.3, 0.4) is 0 Å². The molecular weight excluding hydrogens is 363 g/mol. The first kappa shape index (κ1) is 17.9. The highest BCUT2D eigenvalue weighted by atomic mass is 35.5. The lowest BCUT2D eigenvalue weighted by Gasteiger charge is -2.08. The van der Waals surface area contributed by atoms with Gasteiger partial charge in [0.2, 0.25) is 0 Å². The summed E-state index contributed by atoms with van der Waals surface area (Å²) in [6, 6.07) is 6.63. The van der Waals surface area contributed by atoms with E-state index in [0.29, 0.717) is 4.88 Å². The van der Waals surface area contributed by atoms with Gasteiger partial charge in [-0.3, -0.25) is 4.79 Å². The quantitative estimate of drug-likeness (QED) is 0.872. The van der Waals surface area contributed by atoms with Crippen molar-refractivity contribution in [1.29, 1.82) is 0 Å². The maximum absolute atomic E-state index is 13.0. The molecule has 2 rings (SSSR count). The Morgan fingerprint density at radius 1 is 1.30 bits per heavy atom. The maximum atomic E-state index is 13.0. The van der Waals surface area contributed by atoms with Crippen molar-refractivity contribution in [2.24, 2.45) is 0 Å². The molecule has 0 saturated heterocycles. The lowest BCUT2D eigenvalue weighted by molar-refractivity contribution is 0.0951. The number of sulfonamides is 1. The van der Waals surface area contributed by atoms with E-state index in [4.69, 9.17) is 11.6 Å². The van der Waals surface area contributed by atoms with Crippen LogP contribution in [-0.2, 0) is 16.6 Å². The number of rotatable bonds is 5. The standard InChI is InChI=1S/C14H14ClFN2O3S2/c1-18(2)23(20,21)13-6-4-10(22-13)8-17-14(19)11-5-3-9(16)7-12(11)15/h3-7H,8H2,1-2H3,(H,17,19). The second kappa shape index (κ2) is 6.96. The van der Waals surface area contributed by atoms with Gasteiger partial charge in [-0.15, -0.1) is 11.3 Å². The number of carbonyl (C=O) groups is 1. The molecule has 1 N–H and O–H groups in total. The molecule has 0 radical (unpaired) electrons. The van der Waals surface area contributed by atoms with Crippen molar-refractivity contribution in [2.45, 2.75) is 10.8 Å². The second-order valence-electron chi connectivity index (χ2n) is 4.82. The summed E-state index contributed by atoms with van der Waals surface area (Å²) < 4.78 is 38.2. The normalized spacial score (nSPS) is 11.7. The molecule has 1 heterocycles. The number of nitrogens with one attached hydrogen (secondary N) is 1. The molecule has 0 aliphatic carbocycles.